The van der Waals surface area contributed by atoms with Crippen molar-refractivity contribution in [1.82, 2.24) is 4.98 Å². The lowest BCUT2D eigenvalue weighted by Crippen LogP contribution is -1.94. The third-order valence-corrected chi connectivity index (χ3v) is 2.49. The molecule has 0 unspecified atom stereocenters. The zero-order valence-corrected chi connectivity index (χ0v) is 10.0. The number of aromatic nitrogens is 1. The minimum atomic E-state index is -0.0503. The van der Waals surface area contributed by atoms with E-state index in [4.69, 9.17) is 4.74 Å². The molecule has 0 N–H and O–H groups in total. The van der Waals surface area contributed by atoms with Gasteiger partial charge in [-0.25, -0.2) is 0 Å². The first-order valence-electron chi connectivity index (χ1n) is 5.56. The number of methoxy groups -OCH3 is 1. The number of ketones is 1. The topological polar surface area (TPSA) is 39.2 Å². The number of ether oxygens (including phenoxy) is 1. The number of carbonyl (C=O) groups is 1. The van der Waals surface area contributed by atoms with Crippen molar-refractivity contribution in [1.29, 1.82) is 0 Å². The van der Waals surface area contributed by atoms with E-state index in [1.165, 1.54) is 0 Å². The van der Waals surface area contributed by atoms with Crippen molar-refractivity contribution in [3.05, 3.63) is 66.0 Å². The average molecular weight is 239 g/mol. The summed E-state index contributed by atoms with van der Waals surface area (Å²) in [6.45, 7) is 0. The Hall–Kier alpha value is -2.42. The fourth-order valence-corrected chi connectivity index (χ4v) is 1.52. The summed E-state index contributed by atoms with van der Waals surface area (Å²) in [7, 11) is 1.58. The summed E-state index contributed by atoms with van der Waals surface area (Å²) in [5.74, 6) is 0.629. The van der Waals surface area contributed by atoms with Gasteiger partial charge in [0.2, 0.25) is 0 Å². The van der Waals surface area contributed by atoms with Gasteiger partial charge in [-0.15, -0.1) is 0 Å². The summed E-state index contributed by atoms with van der Waals surface area (Å²) in [4.78, 5) is 15.8. The Morgan fingerprint density at radius 1 is 1.22 bits per heavy atom. The highest BCUT2D eigenvalue weighted by molar-refractivity contribution is 6.07. The molecule has 2 aromatic rings. The molecule has 0 aliphatic rings. The van der Waals surface area contributed by atoms with E-state index in [9.17, 15) is 4.79 Å². The molecular formula is C15H13NO2. The number of rotatable bonds is 4. The summed E-state index contributed by atoms with van der Waals surface area (Å²) in [5, 5.41) is 0. The van der Waals surface area contributed by atoms with Crippen molar-refractivity contribution >= 4 is 11.9 Å². The Labute approximate surface area is 106 Å². The van der Waals surface area contributed by atoms with Crippen LogP contribution in [0.5, 0.6) is 5.75 Å². The maximum absolute atomic E-state index is 11.9. The fourth-order valence-electron chi connectivity index (χ4n) is 1.52. The average Bonchev–Trinajstić information content (AvgIpc) is 2.46. The van der Waals surface area contributed by atoms with Gasteiger partial charge in [0.05, 0.1) is 7.11 Å². The third kappa shape index (κ3) is 3.04. The molecule has 0 spiro atoms. The lowest BCUT2D eigenvalue weighted by Gasteiger charge is -2.00. The first-order chi connectivity index (χ1) is 8.79. The van der Waals surface area contributed by atoms with Crippen LogP contribution in [0.4, 0.5) is 0 Å². The van der Waals surface area contributed by atoms with Crippen LogP contribution in [0.25, 0.3) is 6.08 Å². The van der Waals surface area contributed by atoms with E-state index in [-0.39, 0.29) is 5.78 Å². The molecule has 0 aliphatic heterocycles. The van der Waals surface area contributed by atoms with E-state index >= 15 is 0 Å². The maximum Gasteiger partial charge on any atom is 0.185 e. The Morgan fingerprint density at radius 3 is 2.72 bits per heavy atom. The van der Waals surface area contributed by atoms with Crippen molar-refractivity contribution in [3.63, 3.8) is 0 Å². The van der Waals surface area contributed by atoms with E-state index in [1.807, 2.05) is 18.2 Å². The van der Waals surface area contributed by atoms with Gasteiger partial charge in [0, 0.05) is 18.0 Å². The molecule has 0 amide bonds. The lowest BCUT2D eigenvalue weighted by molar-refractivity contribution is 0.104. The number of nitrogens with zero attached hydrogens (tertiary/aromatic N) is 1. The van der Waals surface area contributed by atoms with E-state index in [0.29, 0.717) is 11.3 Å². The predicted molar refractivity (Wildman–Crippen MR) is 70.6 cm³/mol. The Balaban J connectivity index is 2.14. The molecule has 0 saturated carbocycles. The fraction of sp³-hybridized carbons (Fsp3) is 0.0667. The number of pyridine rings is 1. The van der Waals surface area contributed by atoms with Crippen LogP contribution in [0.3, 0.4) is 0 Å². The minimum Gasteiger partial charge on any atom is -0.497 e. The molecule has 1 aromatic carbocycles. The number of carbonyl (C=O) groups excluding carboxylic acids is 1. The molecule has 0 bridgehead atoms. The number of hydrogen-bond donors (Lipinski definition) is 0. The Kier molecular flexibility index (Phi) is 3.86. The number of allylic oxidation sites excluding steroid dienone is 1. The summed E-state index contributed by atoms with van der Waals surface area (Å²) in [5.41, 5.74) is 1.56. The summed E-state index contributed by atoms with van der Waals surface area (Å²) < 4.78 is 5.08. The molecule has 1 heterocycles. The number of hydrogen-bond acceptors (Lipinski definition) is 3. The van der Waals surface area contributed by atoms with Gasteiger partial charge in [0.15, 0.2) is 5.78 Å². The zero-order chi connectivity index (χ0) is 12.8. The molecule has 0 radical (unpaired) electrons. The van der Waals surface area contributed by atoms with Crippen molar-refractivity contribution in [2.75, 3.05) is 7.11 Å². The second-order valence-corrected chi connectivity index (χ2v) is 3.71. The summed E-state index contributed by atoms with van der Waals surface area (Å²) >= 11 is 0. The maximum atomic E-state index is 11.9. The van der Waals surface area contributed by atoms with Crippen LogP contribution >= 0.6 is 0 Å². The predicted octanol–water partition coefficient (Wildman–Crippen LogP) is 2.99. The molecule has 0 saturated heterocycles. The molecule has 90 valence electrons. The van der Waals surface area contributed by atoms with Crippen molar-refractivity contribution in [3.8, 4) is 5.75 Å². The van der Waals surface area contributed by atoms with Gasteiger partial charge in [-0.2, -0.15) is 0 Å². The smallest absolute Gasteiger partial charge is 0.185 e. The second-order valence-electron chi connectivity index (χ2n) is 3.71. The summed E-state index contributed by atoms with van der Waals surface area (Å²) in [6.07, 6.45) is 6.69. The van der Waals surface area contributed by atoms with Crippen molar-refractivity contribution < 1.29 is 9.53 Å². The minimum absolute atomic E-state index is 0.0503. The van der Waals surface area contributed by atoms with Gasteiger partial charge in [-0.05, 0) is 35.9 Å². The van der Waals surface area contributed by atoms with Crippen molar-refractivity contribution in [2.24, 2.45) is 0 Å². The molecule has 0 atom stereocenters. The van der Waals surface area contributed by atoms with E-state index < -0.39 is 0 Å². The first-order valence-corrected chi connectivity index (χ1v) is 5.56. The van der Waals surface area contributed by atoms with Crippen LogP contribution in [0.15, 0.2) is 54.9 Å². The van der Waals surface area contributed by atoms with Gasteiger partial charge >= 0.3 is 0 Å². The highest BCUT2D eigenvalue weighted by atomic mass is 16.5. The van der Waals surface area contributed by atoms with Crippen LogP contribution < -0.4 is 4.74 Å². The van der Waals surface area contributed by atoms with Gasteiger partial charge < -0.3 is 4.74 Å². The molecule has 18 heavy (non-hydrogen) atoms. The zero-order valence-electron chi connectivity index (χ0n) is 10.0. The SMILES string of the molecule is COc1cccc(C(=O)/C=C/c2ccncc2)c1. The molecule has 3 heteroatoms. The first kappa shape index (κ1) is 12.0. The van der Waals surface area contributed by atoms with Crippen LogP contribution in [0.1, 0.15) is 15.9 Å². The monoisotopic (exact) mass is 239 g/mol. The molecule has 2 rings (SSSR count). The molecule has 1 aromatic heterocycles. The lowest BCUT2D eigenvalue weighted by atomic mass is 10.1. The standard InChI is InChI=1S/C15H13NO2/c1-18-14-4-2-3-13(11-14)15(17)6-5-12-7-9-16-10-8-12/h2-11H,1H3/b6-5+. The second kappa shape index (κ2) is 5.77. The molecular weight excluding hydrogens is 226 g/mol. The third-order valence-electron chi connectivity index (χ3n) is 2.49. The highest BCUT2D eigenvalue weighted by Gasteiger charge is 2.02. The van der Waals surface area contributed by atoms with E-state index in [1.54, 1.807) is 49.9 Å². The largest absolute Gasteiger partial charge is 0.497 e. The van der Waals surface area contributed by atoms with Crippen molar-refractivity contribution in [2.45, 2.75) is 0 Å². The number of benzene rings is 1. The molecule has 0 aliphatic carbocycles. The van der Waals surface area contributed by atoms with Gasteiger partial charge in [-0.3, -0.25) is 9.78 Å². The van der Waals surface area contributed by atoms with E-state index in [0.717, 1.165) is 5.56 Å². The van der Waals surface area contributed by atoms with Gasteiger partial charge in [-0.1, -0.05) is 18.2 Å². The molecule has 3 nitrogen and oxygen atoms in total. The van der Waals surface area contributed by atoms with Crippen LogP contribution in [0, 0.1) is 0 Å². The van der Waals surface area contributed by atoms with Crippen LogP contribution in [0.2, 0.25) is 0 Å². The Morgan fingerprint density at radius 2 is 2.00 bits per heavy atom. The molecule has 0 fully saturated rings. The summed E-state index contributed by atoms with van der Waals surface area (Å²) in [6, 6.07) is 10.8. The van der Waals surface area contributed by atoms with E-state index in [2.05, 4.69) is 4.98 Å². The van der Waals surface area contributed by atoms with Gasteiger partial charge in [0.1, 0.15) is 5.75 Å². The highest BCUT2D eigenvalue weighted by Crippen LogP contribution is 2.13. The van der Waals surface area contributed by atoms with Gasteiger partial charge in [0.25, 0.3) is 0 Å². The quantitative estimate of drug-likeness (QED) is 0.608. The Bertz CT molecular complexity index is 562. The van der Waals surface area contributed by atoms with Crippen LogP contribution in [-0.4, -0.2) is 17.9 Å². The normalized spacial score (nSPS) is 10.5. The van der Waals surface area contributed by atoms with Crippen LogP contribution in [-0.2, 0) is 0 Å².